The molecule has 0 fully saturated rings. The number of nitro benzene ring substituents is 1. The first-order valence-corrected chi connectivity index (χ1v) is 9.47. The smallest absolute Gasteiger partial charge is 0.294 e. The topological polar surface area (TPSA) is 136 Å². The van der Waals surface area contributed by atoms with Crippen molar-refractivity contribution < 1.29 is 14.5 Å². The van der Waals surface area contributed by atoms with E-state index in [2.05, 4.69) is 22.3 Å². The number of benzene rings is 2. The molecule has 3 aromatic rings. The average molecular weight is 433 g/mol. The first-order valence-electron chi connectivity index (χ1n) is 9.47. The van der Waals surface area contributed by atoms with Crippen LogP contribution < -0.4 is 16.1 Å². The van der Waals surface area contributed by atoms with Crippen LogP contribution in [0.2, 0.25) is 0 Å². The van der Waals surface area contributed by atoms with Crippen molar-refractivity contribution in [2.75, 3.05) is 11.9 Å². The largest absolute Gasteiger partial charge is 0.349 e. The Hall–Kier alpha value is -4.60. The Morgan fingerprint density at radius 2 is 1.84 bits per heavy atom. The number of amides is 2. The van der Waals surface area contributed by atoms with E-state index in [1.54, 1.807) is 25.1 Å². The van der Waals surface area contributed by atoms with Gasteiger partial charge in [-0.1, -0.05) is 30.3 Å². The van der Waals surface area contributed by atoms with Crippen LogP contribution in [-0.4, -0.2) is 33.1 Å². The van der Waals surface area contributed by atoms with Gasteiger partial charge in [0.25, 0.3) is 17.5 Å². The van der Waals surface area contributed by atoms with Crippen LogP contribution in [-0.2, 0) is 0 Å². The summed E-state index contributed by atoms with van der Waals surface area (Å²) in [5.74, 6) is -1.29. The first kappa shape index (κ1) is 22.1. The third-order valence-electron chi connectivity index (χ3n) is 4.46. The molecule has 0 radical (unpaired) electrons. The number of carbonyl (C=O) groups excluding carboxylic acids is 2. The fraction of sp³-hybridized carbons (Fsp3) is 0.0909. The minimum Gasteiger partial charge on any atom is -0.349 e. The molecule has 0 spiro atoms. The molecule has 0 aliphatic rings. The van der Waals surface area contributed by atoms with Crippen LogP contribution >= 0.6 is 0 Å². The van der Waals surface area contributed by atoms with Gasteiger partial charge in [-0.3, -0.25) is 24.5 Å². The predicted molar refractivity (Wildman–Crippen MR) is 118 cm³/mol. The lowest BCUT2D eigenvalue weighted by Crippen LogP contribution is -2.29. The molecule has 0 aliphatic carbocycles. The van der Waals surface area contributed by atoms with E-state index in [1.165, 1.54) is 42.5 Å². The number of aromatic nitrogens is 2. The standard InChI is InChI=1S/C22H19N5O5/c1-3-12-23-21(29)15-8-4-5-9-16(15)24-22(30)20-19(28)13-14(2)26(25-20)17-10-6-7-11-18(17)27(31)32/h3-11,13H,1,12H2,2H3,(H,23,29)(H,24,30). The number of carbonyl (C=O) groups is 2. The summed E-state index contributed by atoms with van der Waals surface area (Å²) in [4.78, 5) is 48.5. The lowest BCUT2D eigenvalue weighted by Gasteiger charge is -2.13. The van der Waals surface area contributed by atoms with Crippen molar-refractivity contribution in [2.24, 2.45) is 0 Å². The van der Waals surface area contributed by atoms with E-state index in [1.807, 2.05) is 0 Å². The Labute approximate surface area is 182 Å². The molecule has 2 amide bonds. The SMILES string of the molecule is C=CCNC(=O)c1ccccc1NC(=O)c1nn(-c2ccccc2[N+](=O)[O-])c(C)cc1=O. The molecule has 0 aliphatic heterocycles. The number of rotatable bonds is 7. The fourth-order valence-corrected chi connectivity index (χ4v) is 2.98. The normalized spacial score (nSPS) is 10.3. The summed E-state index contributed by atoms with van der Waals surface area (Å²) in [6, 6.07) is 13.3. The van der Waals surface area contributed by atoms with E-state index in [0.29, 0.717) is 5.69 Å². The Morgan fingerprint density at radius 3 is 2.56 bits per heavy atom. The average Bonchev–Trinajstić information content (AvgIpc) is 2.77. The Kier molecular flexibility index (Phi) is 6.54. The molecule has 0 unspecified atom stereocenters. The molecule has 0 atom stereocenters. The van der Waals surface area contributed by atoms with Gasteiger partial charge in [-0.05, 0) is 25.1 Å². The second-order valence-corrected chi connectivity index (χ2v) is 6.65. The monoisotopic (exact) mass is 433 g/mol. The molecule has 3 rings (SSSR count). The van der Waals surface area contributed by atoms with Gasteiger partial charge in [-0.2, -0.15) is 5.10 Å². The van der Waals surface area contributed by atoms with Crippen LogP contribution in [0, 0.1) is 17.0 Å². The van der Waals surface area contributed by atoms with Crippen molar-refractivity contribution >= 4 is 23.2 Å². The minimum atomic E-state index is -0.855. The van der Waals surface area contributed by atoms with Gasteiger partial charge >= 0.3 is 0 Å². The van der Waals surface area contributed by atoms with E-state index < -0.39 is 27.9 Å². The third kappa shape index (κ3) is 4.59. The zero-order valence-electron chi connectivity index (χ0n) is 17.1. The van der Waals surface area contributed by atoms with Gasteiger partial charge in [0.15, 0.2) is 5.69 Å². The summed E-state index contributed by atoms with van der Waals surface area (Å²) in [7, 11) is 0. The number of nitro groups is 1. The molecular weight excluding hydrogens is 414 g/mol. The van der Waals surface area contributed by atoms with E-state index in [-0.39, 0.29) is 29.2 Å². The van der Waals surface area contributed by atoms with Crippen molar-refractivity contribution in [3.63, 3.8) is 0 Å². The maximum absolute atomic E-state index is 12.9. The number of anilines is 1. The molecule has 1 aromatic heterocycles. The first-order chi connectivity index (χ1) is 15.3. The molecule has 10 nitrogen and oxygen atoms in total. The second kappa shape index (κ2) is 9.47. The zero-order valence-corrected chi connectivity index (χ0v) is 17.1. The van der Waals surface area contributed by atoms with E-state index in [4.69, 9.17) is 0 Å². The summed E-state index contributed by atoms with van der Waals surface area (Å²) in [5.41, 5.74) is -0.592. The lowest BCUT2D eigenvalue weighted by molar-refractivity contribution is -0.384. The number of nitrogens with one attached hydrogen (secondary N) is 2. The summed E-state index contributed by atoms with van der Waals surface area (Å²) in [5, 5.41) is 20.6. The second-order valence-electron chi connectivity index (χ2n) is 6.65. The van der Waals surface area contributed by atoms with Crippen molar-refractivity contribution in [1.82, 2.24) is 15.1 Å². The summed E-state index contributed by atoms with van der Waals surface area (Å²) in [6.45, 7) is 5.32. The molecule has 0 bridgehead atoms. The van der Waals surface area contributed by atoms with Crippen molar-refractivity contribution in [2.45, 2.75) is 6.92 Å². The highest BCUT2D eigenvalue weighted by molar-refractivity contribution is 6.08. The van der Waals surface area contributed by atoms with Gasteiger partial charge in [-0.15, -0.1) is 6.58 Å². The molecule has 10 heteroatoms. The van der Waals surface area contributed by atoms with Crippen LogP contribution in [0.3, 0.4) is 0 Å². The number of nitrogens with zero attached hydrogens (tertiary/aromatic N) is 3. The van der Waals surface area contributed by atoms with Gasteiger partial charge in [0.2, 0.25) is 5.43 Å². The highest BCUT2D eigenvalue weighted by Crippen LogP contribution is 2.22. The van der Waals surface area contributed by atoms with E-state index in [9.17, 15) is 24.5 Å². The van der Waals surface area contributed by atoms with Crippen LogP contribution in [0.1, 0.15) is 26.5 Å². The molecular formula is C22H19N5O5. The Bertz CT molecular complexity index is 1280. The fourth-order valence-electron chi connectivity index (χ4n) is 2.98. The van der Waals surface area contributed by atoms with E-state index in [0.717, 1.165) is 4.68 Å². The highest BCUT2D eigenvalue weighted by atomic mass is 16.6. The van der Waals surface area contributed by atoms with Crippen molar-refractivity contribution in [3.05, 3.63) is 105 Å². The van der Waals surface area contributed by atoms with E-state index >= 15 is 0 Å². The summed E-state index contributed by atoms with van der Waals surface area (Å²) < 4.78 is 1.16. The van der Waals surface area contributed by atoms with Crippen LogP contribution in [0.25, 0.3) is 5.69 Å². The Balaban J connectivity index is 2.01. The minimum absolute atomic E-state index is 0.105. The molecule has 162 valence electrons. The van der Waals surface area contributed by atoms with Crippen LogP contribution in [0.15, 0.2) is 72.0 Å². The summed E-state index contributed by atoms with van der Waals surface area (Å²) in [6.07, 6.45) is 1.51. The zero-order chi connectivity index (χ0) is 23.3. The maximum atomic E-state index is 12.9. The number of hydrogen-bond acceptors (Lipinski definition) is 6. The van der Waals surface area contributed by atoms with Gasteiger partial charge in [0.05, 0.1) is 16.2 Å². The quantitative estimate of drug-likeness (QED) is 0.334. The van der Waals surface area contributed by atoms with Crippen LogP contribution in [0.5, 0.6) is 0 Å². The van der Waals surface area contributed by atoms with Gasteiger partial charge < -0.3 is 10.6 Å². The predicted octanol–water partition coefficient (Wildman–Crippen LogP) is 2.62. The van der Waals surface area contributed by atoms with Gasteiger partial charge in [0.1, 0.15) is 5.69 Å². The van der Waals surface area contributed by atoms with Crippen molar-refractivity contribution in [3.8, 4) is 5.69 Å². The number of hydrogen-bond donors (Lipinski definition) is 2. The third-order valence-corrected chi connectivity index (χ3v) is 4.46. The molecule has 0 saturated heterocycles. The molecule has 32 heavy (non-hydrogen) atoms. The lowest BCUT2D eigenvalue weighted by atomic mass is 10.1. The molecule has 0 saturated carbocycles. The maximum Gasteiger partial charge on any atom is 0.294 e. The molecule has 2 N–H and O–H groups in total. The Morgan fingerprint density at radius 1 is 1.16 bits per heavy atom. The molecule has 2 aromatic carbocycles. The number of aryl methyl sites for hydroxylation is 1. The summed E-state index contributed by atoms with van der Waals surface area (Å²) >= 11 is 0. The van der Waals surface area contributed by atoms with Crippen molar-refractivity contribution in [1.29, 1.82) is 0 Å². The number of para-hydroxylation sites is 3. The highest BCUT2D eigenvalue weighted by Gasteiger charge is 2.21. The van der Waals surface area contributed by atoms with Gasteiger partial charge in [-0.25, -0.2) is 4.68 Å². The molecule has 1 heterocycles. The van der Waals surface area contributed by atoms with Gasteiger partial charge in [0, 0.05) is 24.4 Å². The van der Waals surface area contributed by atoms with Crippen LogP contribution in [0.4, 0.5) is 11.4 Å².